The Morgan fingerprint density at radius 3 is 2.95 bits per heavy atom. The standard InChI is InChI=1S/C14H15F2N3O/c15-9-1-2-10(11(16)7-9)14-17-12-3-4-19(5-6-20)8-13(12)18-14/h1-2,7,20H,3-6,8H2,(H,17,18). The molecule has 0 atom stereocenters. The zero-order chi connectivity index (χ0) is 14.1. The highest BCUT2D eigenvalue weighted by Crippen LogP contribution is 2.25. The molecule has 0 amide bonds. The number of hydrogen-bond acceptors (Lipinski definition) is 3. The molecule has 1 aliphatic heterocycles. The summed E-state index contributed by atoms with van der Waals surface area (Å²) in [6.07, 6.45) is 0.759. The Hall–Kier alpha value is -1.79. The van der Waals surface area contributed by atoms with Gasteiger partial charge in [-0.1, -0.05) is 0 Å². The number of benzene rings is 1. The number of halogens is 2. The summed E-state index contributed by atoms with van der Waals surface area (Å²) in [6.45, 7) is 2.21. The molecule has 2 N–H and O–H groups in total. The van der Waals surface area contributed by atoms with Crippen molar-refractivity contribution in [1.82, 2.24) is 14.9 Å². The maximum Gasteiger partial charge on any atom is 0.140 e. The van der Waals surface area contributed by atoms with E-state index in [-0.39, 0.29) is 12.2 Å². The molecule has 3 rings (SSSR count). The molecule has 4 nitrogen and oxygen atoms in total. The average molecular weight is 279 g/mol. The Bertz CT molecular complexity index is 627. The Balaban J connectivity index is 1.90. The molecular formula is C14H15F2N3O. The van der Waals surface area contributed by atoms with Crippen LogP contribution in [-0.2, 0) is 13.0 Å². The van der Waals surface area contributed by atoms with Crippen LogP contribution in [0.25, 0.3) is 11.4 Å². The molecule has 1 aromatic carbocycles. The largest absolute Gasteiger partial charge is 0.395 e. The smallest absolute Gasteiger partial charge is 0.140 e. The van der Waals surface area contributed by atoms with E-state index in [0.717, 1.165) is 30.4 Å². The summed E-state index contributed by atoms with van der Waals surface area (Å²) >= 11 is 0. The van der Waals surface area contributed by atoms with E-state index in [9.17, 15) is 8.78 Å². The number of aliphatic hydroxyl groups is 1. The van der Waals surface area contributed by atoms with E-state index < -0.39 is 11.6 Å². The van der Waals surface area contributed by atoms with Crippen LogP contribution in [0.2, 0.25) is 0 Å². The van der Waals surface area contributed by atoms with E-state index in [1.54, 1.807) is 0 Å². The van der Waals surface area contributed by atoms with E-state index in [4.69, 9.17) is 5.11 Å². The predicted octanol–water partition coefficient (Wildman–Crippen LogP) is 1.71. The van der Waals surface area contributed by atoms with Gasteiger partial charge in [-0.25, -0.2) is 13.8 Å². The van der Waals surface area contributed by atoms with Gasteiger partial charge in [0.1, 0.15) is 17.5 Å². The van der Waals surface area contributed by atoms with Crippen LogP contribution in [0, 0.1) is 11.6 Å². The molecule has 106 valence electrons. The first-order valence-corrected chi connectivity index (χ1v) is 6.54. The Kier molecular flexibility index (Phi) is 3.50. The number of fused-ring (bicyclic) bond motifs is 1. The van der Waals surface area contributed by atoms with E-state index in [1.807, 2.05) is 0 Å². The van der Waals surface area contributed by atoms with Gasteiger partial charge in [0.05, 0.1) is 23.6 Å². The van der Waals surface area contributed by atoms with Crippen molar-refractivity contribution < 1.29 is 13.9 Å². The molecule has 0 fully saturated rings. The van der Waals surface area contributed by atoms with Crippen molar-refractivity contribution in [3.05, 3.63) is 41.2 Å². The number of aliphatic hydroxyl groups excluding tert-OH is 1. The number of rotatable bonds is 3. The third-order valence-electron chi connectivity index (χ3n) is 3.51. The van der Waals surface area contributed by atoms with Crippen molar-refractivity contribution in [2.24, 2.45) is 0 Å². The quantitative estimate of drug-likeness (QED) is 0.899. The topological polar surface area (TPSA) is 52.1 Å². The van der Waals surface area contributed by atoms with Gasteiger partial charge in [-0.05, 0) is 12.1 Å². The maximum atomic E-state index is 13.8. The number of hydrogen-bond donors (Lipinski definition) is 2. The van der Waals surface area contributed by atoms with Crippen LogP contribution in [0.3, 0.4) is 0 Å². The molecule has 6 heteroatoms. The van der Waals surface area contributed by atoms with Crippen LogP contribution in [0.4, 0.5) is 8.78 Å². The molecule has 20 heavy (non-hydrogen) atoms. The highest BCUT2D eigenvalue weighted by Gasteiger charge is 2.21. The van der Waals surface area contributed by atoms with E-state index in [1.165, 1.54) is 12.1 Å². The number of imidazole rings is 1. The van der Waals surface area contributed by atoms with Crippen molar-refractivity contribution in [3.8, 4) is 11.4 Å². The molecule has 0 spiro atoms. The lowest BCUT2D eigenvalue weighted by Gasteiger charge is -2.24. The van der Waals surface area contributed by atoms with Crippen molar-refractivity contribution in [3.63, 3.8) is 0 Å². The lowest BCUT2D eigenvalue weighted by Crippen LogP contribution is -2.32. The third kappa shape index (κ3) is 2.44. The molecule has 0 radical (unpaired) electrons. The summed E-state index contributed by atoms with van der Waals surface area (Å²) < 4.78 is 26.7. The number of H-pyrrole nitrogens is 1. The lowest BCUT2D eigenvalue weighted by atomic mass is 10.1. The van der Waals surface area contributed by atoms with Crippen LogP contribution in [0.5, 0.6) is 0 Å². The van der Waals surface area contributed by atoms with Gasteiger partial charge < -0.3 is 10.1 Å². The minimum atomic E-state index is -0.622. The van der Waals surface area contributed by atoms with Gasteiger partial charge >= 0.3 is 0 Å². The summed E-state index contributed by atoms with van der Waals surface area (Å²) in [5.74, 6) is -0.793. The van der Waals surface area contributed by atoms with E-state index >= 15 is 0 Å². The average Bonchev–Trinajstić information content (AvgIpc) is 2.81. The molecular weight excluding hydrogens is 264 g/mol. The fourth-order valence-corrected chi connectivity index (χ4v) is 2.49. The second-order valence-electron chi connectivity index (χ2n) is 4.88. The number of aromatic amines is 1. The number of nitrogens with one attached hydrogen (secondary N) is 1. The summed E-state index contributed by atoms with van der Waals surface area (Å²) in [7, 11) is 0. The SMILES string of the molecule is OCCN1CCc2nc(-c3ccc(F)cc3F)[nH]c2C1. The molecule has 0 saturated carbocycles. The maximum absolute atomic E-state index is 13.8. The van der Waals surface area contributed by atoms with Crippen LogP contribution >= 0.6 is 0 Å². The second-order valence-corrected chi connectivity index (χ2v) is 4.88. The zero-order valence-corrected chi connectivity index (χ0v) is 10.9. The predicted molar refractivity (Wildman–Crippen MR) is 70.0 cm³/mol. The molecule has 1 aliphatic rings. The summed E-state index contributed by atoms with van der Waals surface area (Å²) in [5, 5.41) is 8.96. The fourth-order valence-electron chi connectivity index (χ4n) is 2.49. The minimum Gasteiger partial charge on any atom is -0.395 e. The summed E-state index contributed by atoms with van der Waals surface area (Å²) in [6, 6.07) is 3.47. The van der Waals surface area contributed by atoms with Crippen molar-refractivity contribution in [2.75, 3.05) is 19.7 Å². The van der Waals surface area contributed by atoms with Crippen molar-refractivity contribution >= 4 is 0 Å². The minimum absolute atomic E-state index is 0.114. The first kappa shape index (κ1) is 13.2. The number of nitrogens with zero attached hydrogens (tertiary/aromatic N) is 2. The Labute approximate surface area is 115 Å². The van der Waals surface area contributed by atoms with Gasteiger partial charge in [-0.2, -0.15) is 0 Å². The summed E-state index contributed by atoms with van der Waals surface area (Å²) in [4.78, 5) is 9.60. The first-order valence-electron chi connectivity index (χ1n) is 6.54. The highest BCUT2D eigenvalue weighted by molar-refractivity contribution is 5.57. The van der Waals surface area contributed by atoms with Crippen molar-refractivity contribution in [2.45, 2.75) is 13.0 Å². The Morgan fingerprint density at radius 1 is 1.35 bits per heavy atom. The van der Waals surface area contributed by atoms with Crippen molar-refractivity contribution in [1.29, 1.82) is 0 Å². The number of aromatic nitrogens is 2. The monoisotopic (exact) mass is 279 g/mol. The third-order valence-corrected chi connectivity index (χ3v) is 3.51. The summed E-state index contributed by atoms with van der Waals surface area (Å²) in [5.41, 5.74) is 2.12. The number of β-amino-alcohol motifs (C(OH)–C–C–N with tert-alkyl or cyclic N) is 1. The molecule has 2 aromatic rings. The van der Waals surface area contributed by atoms with E-state index in [0.29, 0.717) is 18.9 Å². The molecule has 0 bridgehead atoms. The molecule has 0 saturated heterocycles. The van der Waals surface area contributed by atoms with Crippen LogP contribution < -0.4 is 0 Å². The van der Waals surface area contributed by atoms with Gasteiger partial charge in [0, 0.05) is 32.1 Å². The van der Waals surface area contributed by atoms with Gasteiger partial charge in [0.25, 0.3) is 0 Å². The van der Waals surface area contributed by atoms with Gasteiger partial charge in [0.2, 0.25) is 0 Å². The zero-order valence-electron chi connectivity index (χ0n) is 10.9. The van der Waals surface area contributed by atoms with Crippen LogP contribution in [0.15, 0.2) is 18.2 Å². The Morgan fingerprint density at radius 2 is 2.20 bits per heavy atom. The van der Waals surface area contributed by atoms with E-state index in [2.05, 4.69) is 14.9 Å². The fraction of sp³-hybridized carbons (Fsp3) is 0.357. The van der Waals surface area contributed by atoms with Gasteiger partial charge in [-0.3, -0.25) is 4.90 Å². The highest BCUT2D eigenvalue weighted by atomic mass is 19.1. The lowest BCUT2D eigenvalue weighted by molar-refractivity contribution is 0.182. The molecule has 0 aliphatic carbocycles. The van der Waals surface area contributed by atoms with Gasteiger partial charge in [0.15, 0.2) is 0 Å². The van der Waals surface area contributed by atoms with Crippen LogP contribution in [0.1, 0.15) is 11.4 Å². The first-order chi connectivity index (χ1) is 9.67. The molecule has 2 heterocycles. The second kappa shape index (κ2) is 5.30. The van der Waals surface area contributed by atoms with Gasteiger partial charge in [-0.15, -0.1) is 0 Å². The normalized spacial score (nSPS) is 15.3. The molecule has 1 aromatic heterocycles. The van der Waals surface area contributed by atoms with Crippen LogP contribution in [-0.4, -0.2) is 39.7 Å². The molecule has 0 unspecified atom stereocenters.